The Bertz CT molecular complexity index is 45.9. The Labute approximate surface area is 38.3 Å². The zero-order valence-corrected chi connectivity index (χ0v) is 4.14. The molecule has 0 N–H and O–H groups in total. The van der Waals surface area contributed by atoms with Crippen molar-refractivity contribution in [2.45, 2.75) is 13.8 Å². The Morgan fingerprint density at radius 3 is 2.00 bits per heavy atom. The lowest BCUT2D eigenvalue weighted by Gasteiger charge is -1.84. The summed E-state index contributed by atoms with van der Waals surface area (Å²) in [5.74, 6) is 0.405. The van der Waals surface area contributed by atoms with Gasteiger partial charge in [0.15, 0.2) is 0 Å². The minimum absolute atomic E-state index is 0.405. The predicted octanol–water partition coefficient (Wildman–Crippen LogP) is 1.59. The first kappa shape index (κ1) is 5.54. The van der Waals surface area contributed by atoms with Gasteiger partial charge < -0.3 is 0 Å². The van der Waals surface area contributed by atoms with Crippen LogP contribution in [0.1, 0.15) is 13.8 Å². The average molecular weight is 85.1 g/mol. The van der Waals surface area contributed by atoms with Gasteiger partial charge in [-0.15, -0.1) is 0 Å². The molecule has 0 heterocycles. The molecule has 0 rings (SSSR count). The molecule has 0 saturated heterocycles. The number of allylic oxidation sites excluding steroid dienone is 1. The van der Waals surface area contributed by atoms with Crippen molar-refractivity contribution in [1.29, 1.82) is 0 Å². The summed E-state index contributed by atoms with van der Waals surface area (Å²) in [5, 5.41) is 9.56. The Hall–Kier alpha value is -0.460. The van der Waals surface area contributed by atoms with E-state index in [4.69, 9.17) is 0 Å². The van der Waals surface area contributed by atoms with E-state index in [1.54, 1.807) is 6.08 Å². The van der Waals surface area contributed by atoms with Gasteiger partial charge >= 0.3 is 0 Å². The van der Waals surface area contributed by atoms with Crippen LogP contribution in [0.25, 0.3) is 0 Å². The molecule has 0 aliphatic heterocycles. The zero-order valence-electron chi connectivity index (χ0n) is 4.14. The van der Waals surface area contributed by atoms with Gasteiger partial charge in [0.2, 0.25) is 0 Å². The van der Waals surface area contributed by atoms with E-state index in [2.05, 4.69) is 0 Å². The maximum Gasteiger partial charge on any atom is 0.139 e. The summed E-state index contributed by atoms with van der Waals surface area (Å²) in [5.41, 5.74) is 0. The van der Waals surface area contributed by atoms with E-state index in [9.17, 15) is 5.11 Å². The Morgan fingerprint density at radius 1 is 1.50 bits per heavy atom. The molecule has 0 atom stereocenters. The summed E-state index contributed by atoms with van der Waals surface area (Å²) in [7, 11) is 0. The van der Waals surface area contributed by atoms with Crippen molar-refractivity contribution < 1.29 is 5.11 Å². The van der Waals surface area contributed by atoms with Crippen LogP contribution in [0, 0.1) is 5.92 Å². The number of hydrogen-bond donors (Lipinski definition) is 0. The standard InChI is InChI=1S/C5H9O/c1-5(2)3-4-6/h3-5H,1-2H3/b4-3+. The van der Waals surface area contributed by atoms with Gasteiger partial charge in [0.25, 0.3) is 0 Å². The average Bonchev–Trinajstić information content (AvgIpc) is 1.35. The molecule has 6 heavy (non-hydrogen) atoms. The molecule has 0 aliphatic carbocycles. The van der Waals surface area contributed by atoms with Gasteiger partial charge in [-0.25, -0.2) is 0 Å². The van der Waals surface area contributed by atoms with Crippen LogP contribution in [0.4, 0.5) is 0 Å². The van der Waals surface area contributed by atoms with Crippen LogP contribution >= 0.6 is 0 Å². The molecule has 0 aliphatic rings. The van der Waals surface area contributed by atoms with E-state index in [0.29, 0.717) is 5.92 Å². The predicted molar refractivity (Wildman–Crippen MR) is 24.7 cm³/mol. The van der Waals surface area contributed by atoms with Crippen molar-refractivity contribution in [2.24, 2.45) is 5.92 Å². The molecule has 0 aromatic rings. The lowest BCUT2D eigenvalue weighted by molar-refractivity contribution is 0.348. The molecule has 0 saturated carbocycles. The fraction of sp³-hybridized carbons (Fsp3) is 0.600. The van der Waals surface area contributed by atoms with Gasteiger partial charge in [-0.3, -0.25) is 5.11 Å². The summed E-state index contributed by atoms with van der Waals surface area (Å²) >= 11 is 0. The van der Waals surface area contributed by atoms with E-state index in [0.717, 1.165) is 6.26 Å². The molecule has 1 heteroatoms. The van der Waals surface area contributed by atoms with Gasteiger partial charge in [-0.2, -0.15) is 0 Å². The second-order valence-corrected chi connectivity index (χ2v) is 1.57. The van der Waals surface area contributed by atoms with Gasteiger partial charge in [-0.05, 0) is 12.0 Å². The number of rotatable bonds is 1. The van der Waals surface area contributed by atoms with Crippen LogP contribution in [-0.2, 0) is 5.11 Å². The van der Waals surface area contributed by atoms with Crippen molar-refractivity contribution in [3.63, 3.8) is 0 Å². The van der Waals surface area contributed by atoms with E-state index in [1.165, 1.54) is 0 Å². The molecule has 0 spiro atoms. The van der Waals surface area contributed by atoms with E-state index < -0.39 is 0 Å². The molecule has 0 amide bonds. The van der Waals surface area contributed by atoms with Crippen LogP contribution in [0.3, 0.4) is 0 Å². The molecule has 0 aromatic carbocycles. The first-order valence-electron chi connectivity index (χ1n) is 2.06. The van der Waals surface area contributed by atoms with Gasteiger partial charge in [0, 0.05) is 0 Å². The van der Waals surface area contributed by atoms with Crippen LogP contribution < -0.4 is 0 Å². The quantitative estimate of drug-likeness (QED) is 0.431. The topological polar surface area (TPSA) is 19.9 Å². The summed E-state index contributed by atoms with van der Waals surface area (Å²) in [6.45, 7) is 3.93. The van der Waals surface area contributed by atoms with Crippen LogP contribution in [0.5, 0.6) is 0 Å². The zero-order chi connectivity index (χ0) is 4.99. The van der Waals surface area contributed by atoms with E-state index in [-0.39, 0.29) is 0 Å². The largest absolute Gasteiger partial charge is 0.299 e. The van der Waals surface area contributed by atoms with Crippen LogP contribution in [-0.4, -0.2) is 0 Å². The SMILES string of the molecule is CC(C)/C=C/[O]. The lowest BCUT2D eigenvalue weighted by atomic mass is 10.2. The van der Waals surface area contributed by atoms with E-state index >= 15 is 0 Å². The Balaban J connectivity index is 3.03. The highest BCUT2D eigenvalue weighted by Gasteiger charge is 1.78. The van der Waals surface area contributed by atoms with Crippen LogP contribution in [0.2, 0.25) is 0 Å². The van der Waals surface area contributed by atoms with Crippen LogP contribution in [0.15, 0.2) is 12.3 Å². The van der Waals surface area contributed by atoms with Gasteiger partial charge in [0.05, 0.1) is 0 Å². The van der Waals surface area contributed by atoms with Crippen molar-refractivity contribution in [1.82, 2.24) is 0 Å². The van der Waals surface area contributed by atoms with Gasteiger partial charge in [0.1, 0.15) is 6.26 Å². The molecule has 0 fully saturated rings. The second kappa shape index (κ2) is 2.76. The third-order valence-electron chi connectivity index (χ3n) is 0.463. The maximum absolute atomic E-state index is 9.56. The number of hydrogen-bond acceptors (Lipinski definition) is 0. The summed E-state index contributed by atoms with van der Waals surface area (Å²) in [6.07, 6.45) is 2.44. The molecule has 1 radical (unpaired) electrons. The first-order chi connectivity index (χ1) is 2.77. The van der Waals surface area contributed by atoms with Crippen molar-refractivity contribution >= 4 is 0 Å². The van der Waals surface area contributed by atoms with Gasteiger partial charge in [-0.1, -0.05) is 13.8 Å². The van der Waals surface area contributed by atoms with E-state index in [1.807, 2.05) is 13.8 Å². The Kier molecular flexibility index (Phi) is 2.55. The molecule has 0 aromatic heterocycles. The molecular weight excluding hydrogens is 76.1 g/mol. The molecule has 0 unspecified atom stereocenters. The monoisotopic (exact) mass is 85.1 g/mol. The fourth-order valence-electron chi connectivity index (χ4n) is 0.157. The smallest absolute Gasteiger partial charge is 0.139 e. The summed E-state index contributed by atoms with van der Waals surface area (Å²) in [6, 6.07) is 0. The highest BCUT2D eigenvalue weighted by Crippen LogP contribution is 1.90. The first-order valence-corrected chi connectivity index (χ1v) is 2.06. The summed E-state index contributed by atoms with van der Waals surface area (Å²) < 4.78 is 0. The fourth-order valence-corrected chi connectivity index (χ4v) is 0.157. The molecule has 1 nitrogen and oxygen atoms in total. The maximum atomic E-state index is 9.56. The van der Waals surface area contributed by atoms with Crippen molar-refractivity contribution in [2.75, 3.05) is 0 Å². The van der Waals surface area contributed by atoms with Crippen molar-refractivity contribution in [3.8, 4) is 0 Å². The minimum Gasteiger partial charge on any atom is -0.299 e. The second-order valence-electron chi connectivity index (χ2n) is 1.57. The third-order valence-corrected chi connectivity index (χ3v) is 0.463. The molecule has 35 valence electrons. The molecular formula is C5H9O. The highest BCUT2D eigenvalue weighted by molar-refractivity contribution is 4.74. The minimum atomic E-state index is 0.405. The normalized spacial score (nSPS) is 11.2. The third kappa shape index (κ3) is 3.54. The highest BCUT2D eigenvalue weighted by atomic mass is 16.2. The summed E-state index contributed by atoms with van der Waals surface area (Å²) in [4.78, 5) is 0. The lowest BCUT2D eigenvalue weighted by Crippen LogP contribution is -1.73. The molecule has 0 bridgehead atoms. The van der Waals surface area contributed by atoms with Crippen molar-refractivity contribution in [3.05, 3.63) is 12.3 Å². The Morgan fingerprint density at radius 2 is 2.00 bits per heavy atom.